The smallest absolute Gasteiger partial charge is 0.359 e. The molecule has 9 heteroatoms. The van der Waals surface area contributed by atoms with Gasteiger partial charge in [-0.2, -0.15) is 18.3 Å². The number of aromatic nitrogens is 2. The summed E-state index contributed by atoms with van der Waals surface area (Å²) in [6.07, 6.45) is -4.45. The van der Waals surface area contributed by atoms with Crippen molar-refractivity contribution in [2.45, 2.75) is 26.6 Å². The summed E-state index contributed by atoms with van der Waals surface area (Å²) in [6, 6.07) is 6.04. The molecule has 0 radical (unpaired) electrons. The fourth-order valence-electron chi connectivity index (χ4n) is 2.46. The van der Waals surface area contributed by atoms with Gasteiger partial charge in [-0.15, -0.1) is 24.0 Å². The second-order valence-electron chi connectivity index (χ2n) is 5.35. The van der Waals surface area contributed by atoms with E-state index in [1.165, 1.54) is 10.7 Å². The molecule has 0 aliphatic heterocycles. The highest BCUT2D eigenvalue weighted by atomic mass is 127. The molecule has 138 valence electrons. The Labute approximate surface area is 161 Å². The van der Waals surface area contributed by atoms with Gasteiger partial charge in [-0.1, -0.05) is 6.07 Å². The molecule has 2 rings (SSSR count). The molecular formula is C16H21F3IN5. The van der Waals surface area contributed by atoms with Gasteiger partial charge in [0, 0.05) is 26.3 Å². The molecule has 0 fully saturated rings. The SMILES string of the molecule is CN=C(NC)NCc1ccc(-n2nc(C)cc2C)cc1C(F)(F)F.I. The van der Waals surface area contributed by atoms with E-state index in [0.29, 0.717) is 11.6 Å². The predicted octanol–water partition coefficient (Wildman–Crippen LogP) is 3.42. The summed E-state index contributed by atoms with van der Waals surface area (Å²) < 4.78 is 41.8. The number of guanidine groups is 1. The van der Waals surface area contributed by atoms with E-state index >= 15 is 0 Å². The molecule has 25 heavy (non-hydrogen) atoms. The highest BCUT2D eigenvalue weighted by Gasteiger charge is 2.33. The van der Waals surface area contributed by atoms with Crippen LogP contribution in [0.25, 0.3) is 5.69 Å². The van der Waals surface area contributed by atoms with E-state index in [2.05, 4.69) is 20.7 Å². The summed E-state index contributed by atoms with van der Waals surface area (Å²) in [5.41, 5.74) is 1.37. The van der Waals surface area contributed by atoms with Crippen molar-refractivity contribution < 1.29 is 13.2 Å². The maximum absolute atomic E-state index is 13.4. The van der Waals surface area contributed by atoms with Crippen molar-refractivity contribution in [3.8, 4) is 5.69 Å². The summed E-state index contributed by atoms with van der Waals surface area (Å²) in [5, 5.41) is 9.85. The van der Waals surface area contributed by atoms with Crippen LogP contribution < -0.4 is 10.6 Å². The van der Waals surface area contributed by atoms with Gasteiger partial charge in [0.25, 0.3) is 0 Å². The topological polar surface area (TPSA) is 54.2 Å². The lowest BCUT2D eigenvalue weighted by Gasteiger charge is -2.16. The minimum atomic E-state index is -4.45. The molecule has 1 heterocycles. The minimum Gasteiger partial charge on any atom is -0.359 e. The van der Waals surface area contributed by atoms with E-state index in [-0.39, 0.29) is 36.1 Å². The van der Waals surface area contributed by atoms with E-state index in [1.54, 1.807) is 34.0 Å². The number of aliphatic imine (C=N–C) groups is 1. The highest BCUT2D eigenvalue weighted by Crippen LogP contribution is 2.33. The number of halogens is 4. The van der Waals surface area contributed by atoms with Crippen molar-refractivity contribution in [2.75, 3.05) is 14.1 Å². The zero-order valence-electron chi connectivity index (χ0n) is 14.4. The van der Waals surface area contributed by atoms with Gasteiger partial charge in [0.15, 0.2) is 5.96 Å². The molecular weight excluding hydrogens is 446 g/mol. The molecule has 1 aromatic heterocycles. The van der Waals surface area contributed by atoms with Gasteiger partial charge >= 0.3 is 6.18 Å². The normalized spacial score (nSPS) is 11.9. The van der Waals surface area contributed by atoms with Crippen LogP contribution in [0.2, 0.25) is 0 Å². The molecule has 0 aliphatic carbocycles. The van der Waals surface area contributed by atoms with Crippen LogP contribution in [0.1, 0.15) is 22.5 Å². The molecule has 5 nitrogen and oxygen atoms in total. The number of rotatable bonds is 3. The van der Waals surface area contributed by atoms with Gasteiger partial charge < -0.3 is 10.6 Å². The molecule has 2 N–H and O–H groups in total. The quantitative estimate of drug-likeness (QED) is 0.414. The van der Waals surface area contributed by atoms with Crippen LogP contribution in [0.15, 0.2) is 29.3 Å². The average Bonchev–Trinajstić information content (AvgIpc) is 2.86. The number of nitrogens with zero attached hydrogens (tertiary/aromatic N) is 3. The average molecular weight is 467 g/mol. The standard InChI is InChI=1S/C16H20F3N5.HI/c1-10-7-11(2)24(23-10)13-6-5-12(9-22-15(20-3)21-4)14(8-13)16(17,18)19;/h5-8H,9H2,1-4H3,(H2,20,21,22);1H. The Morgan fingerprint density at radius 2 is 1.92 bits per heavy atom. The van der Waals surface area contributed by atoms with Crippen LogP contribution in [0.4, 0.5) is 13.2 Å². The summed E-state index contributed by atoms with van der Waals surface area (Å²) >= 11 is 0. The Kier molecular flexibility index (Phi) is 7.27. The van der Waals surface area contributed by atoms with Gasteiger partial charge in [0.2, 0.25) is 0 Å². The summed E-state index contributed by atoms with van der Waals surface area (Å²) in [4.78, 5) is 3.89. The van der Waals surface area contributed by atoms with Gasteiger partial charge in [-0.25, -0.2) is 4.68 Å². The summed E-state index contributed by atoms with van der Waals surface area (Å²) in [6.45, 7) is 3.62. The lowest BCUT2D eigenvalue weighted by Crippen LogP contribution is -2.34. The van der Waals surface area contributed by atoms with Crippen molar-refractivity contribution in [3.05, 3.63) is 46.8 Å². The van der Waals surface area contributed by atoms with Crippen LogP contribution in [0.5, 0.6) is 0 Å². The lowest BCUT2D eigenvalue weighted by molar-refractivity contribution is -0.138. The summed E-state index contributed by atoms with van der Waals surface area (Å²) in [5.74, 6) is 0.422. The molecule has 0 unspecified atom stereocenters. The maximum Gasteiger partial charge on any atom is 0.416 e. The van der Waals surface area contributed by atoms with E-state index < -0.39 is 11.7 Å². The number of aryl methyl sites for hydroxylation is 2. The molecule has 1 aromatic carbocycles. The fourth-order valence-corrected chi connectivity index (χ4v) is 2.46. The third-order valence-electron chi connectivity index (χ3n) is 3.56. The van der Waals surface area contributed by atoms with Gasteiger partial charge in [-0.05, 0) is 37.6 Å². The summed E-state index contributed by atoms with van der Waals surface area (Å²) in [7, 11) is 3.20. The first-order chi connectivity index (χ1) is 11.3. The van der Waals surface area contributed by atoms with Crippen LogP contribution in [0, 0.1) is 13.8 Å². The van der Waals surface area contributed by atoms with Gasteiger partial charge in [-0.3, -0.25) is 4.99 Å². The van der Waals surface area contributed by atoms with Crippen LogP contribution in [-0.4, -0.2) is 29.8 Å². The van der Waals surface area contributed by atoms with Crippen molar-refractivity contribution in [1.29, 1.82) is 0 Å². The molecule has 0 atom stereocenters. The van der Waals surface area contributed by atoms with Gasteiger partial charge in [0.1, 0.15) is 0 Å². The maximum atomic E-state index is 13.4. The van der Waals surface area contributed by atoms with E-state index in [0.717, 1.165) is 17.5 Å². The van der Waals surface area contributed by atoms with Crippen molar-refractivity contribution in [1.82, 2.24) is 20.4 Å². The van der Waals surface area contributed by atoms with Gasteiger partial charge in [0.05, 0.1) is 16.9 Å². The molecule has 0 saturated carbocycles. The van der Waals surface area contributed by atoms with Crippen molar-refractivity contribution in [3.63, 3.8) is 0 Å². The number of hydrogen-bond acceptors (Lipinski definition) is 2. The largest absolute Gasteiger partial charge is 0.416 e. The first kappa shape index (κ1) is 21.3. The monoisotopic (exact) mass is 467 g/mol. The number of nitrogens with one attached hydrogen (secondary N) is 2. The Morgan fingerprint density at radius 3 is 2.40 bits per heavy atom. The van der Waals surface area contributed by atoms with E-state index in [4.69, 9.17) is 0 Å². The third-order valence-corrected chi connectivity index (χ3v) is 3.56. The Morgan fingerprint density at radius 1 is 1.24 bits per heavy atom. The second-order valence-corrected chi connectivity index (χ2v) is 5.35. The second kappa shape index (κ2) is 8.54. The fraction of sp³-hybridized carbons (Fsp3) is 0.375. The van der Waals surface area contributed by atoms with E-state index in [9.17, 15) is 13.2 Å². The van der Waals surface area contributed by atoms with Crippen LogP contribution in [0.3, 0.4) is 0 Å². The molecule has 0 aliphatic rings. The zero-order valence-corrected chi connectivity index (χ0v) is 16.7. The number of hydrogen-bond donors (Lipinski definition) is 2. The Balaban J connectivity index is 0.00000312. The van der Waals surface area contributed by atoms with Crippen molar-refractivity contribution >= 4 is 29.9 Å². The molecule has 0 saturated heterocycles. The molecule has 0 spiro atoms. The Hall–Kier alpha value is -1.78. The Bertz CT molecular complexity index is 753. The molecule has 2 aromatic rings. The first-order valence-corrected chi connectivity index (χ1v) is 7.38. The van der Waals surface area contributed by atoms with Crippen molar-refractivity contribution in [2.24, 2.45) is 4.99 Å². The van der Waals surface area contributed by atoms with Crippen LogP contribution in [-0.2, 0) is 12.7 Å². The predicted molar refractivity (Wildman–Crippen MR) is 103 cm³/mol. The first-order valence-electron chi connectivity index (χ1n) is 7.38. The highest BCUT2D eigenvalue weighted by molar-refractivity contribution is 14.0. The number of alkyl halides is 3. The van der Waals surface area contributed by atoms with E-state index in [1.807, 2.05) is 6.07 Å². The molecule has 0 bridgehead atoms. The number of benzene rings is 1. The van der Waals surface area contributed by atoms with Crippen LogP contribution >= 0.6 is 24.0 Å². The third kappa shape index (κ3) is 5.10. The molecule has 0 amide bonds. The lowest BCUT2D eigenvalue weighted by atomic mass is 10.1. The minimum absolute atomic E-state index is 0. The zero-order chi connectivity index (χ0) is 17.9.